The van der Waals surface area contributed by atoms with Gasteiger partial charge in [-0.15, -0.1) is 0 Å². The van der Waals surface area contributed by atoms with Gasteiger partial charge in [0, 0.05) is 18.6 Å². The Labute approximate surface area is 119 Å². The number of anilines is 2. The van der Waals surface area contributed by atoms with Gasteiger partial charge in [-0.05, 0) is 18.2 Å². The Morgan fingerprint density at radius 1 is 1.10 bits per heavy atom. The highest BCUT2D eigenvalue weighted by Gasteiger charge is 2.07. The molecule has 0 spiro atoms. The van der Waals surface area contributed by atoms with Gasteiger partial charge in [-0.25, -0.2) is 15.0 Å². The fourth-order valence-electron chi connectivity index (χ4n) is 1.57. The molecule has 0 aliphatic rings. The molecule has 0 saturated heterocycles. The molecular formula is C13H11N5OS. The van der Waals surface area contributed by atoms with E-state index in [2.05, 4.69) is 25.3 Å². The van der Waals surface area contributed by atoms with Gasteiger partial charge >= 0.3 is 6.01 Å². The molecule has 0 fully saturated rings. The quantitative estimate of drug-likeness (QED) is 0.794. The van der Waals surface area contributed by atoms with Gasteiger partial charge in [0.25, 0.3) is 0 Å². The first-order valence-electron chi connectivity index (χ1n) is 5.86. The Hall–Kier alpha value is -2.54. The summed E-state index contributed by atoms with van der Waals surface area (Å²) in [6, 6.07) is 7.83. The second-order valence-corrected chi connectivity index (χ2v) is 4.83. The zero-order valence-electron chi connectivity index (χ0n) is 10.6. The first-order valence-corrected chi connectivity index (χ1v) is 6.68. The van der Waals surface area contributed by atoms with Crippen molar-refractivity contribution in [2.24, 2.45) is 0 Å². The SMILES string of the molecule is COc1nccc(-c2cnc(Nc3ccccn3)s2)n1. The van der Waals surface area contributed by atoms with Crippen LogP contribution in [0.2, 0.25) is 0 Å². The molecule has 0 saturated carbocycles. The molecule has 0 unspecified atom stereocenters. The molecule has 100 valence electrons. The van der Waals surface area contributed by atoms with Crippen molar-refractivity contribution in [2.75, 3.05) is 12.4 Å². The molecular weight excluding hydrogens is 274 g/mol. The Bertz CT molecular complexity index is 701. The van der Waals surface area contributed by atoms with Gasteiger partial charge in [0.05, 0.1) is 17.7 Å². The standard InChI is InChI=1S/C13H11N5OS/c1-19-12-15-7-5-9(17-12)10-8-16-13(20-10)18-11-4-2-3-6-14-11/h2-8H,1H3,(H,14,16,18). The van der Waals surface area contributed by atoms with Gasteiger partial charge in [0.15, 0.2) is 5.13 Å². The number of nitrogens with one attached hydrogen (secondary N) is 1. The molecule has 6 nitrogen and oxygen atoms in total. The van der Waals surface area contributed by atoms with Crippen LogP contribution in [-0.4, -0.2) is 27.0 Å². The van der Waals surface area contributed by atoms with Crippen molar-refractivity contribution in [3.05, 3.63) is 42.9 Å². The maximum absolute atomic E-state index is 5.02. The monoisotopic (exact) mass is 285 g/mol. The van der Waals surface area contributed by atoms with E-state index in [-0.39, 0.29) is 0 Å². The lowest BCUT2D eigenvalue weighted by atomic mass is 10.4. The lowest BCUT2D eigenvalue weighted by Crippen LogP contribution is -1.91. The number of hydrogen-bond donors (Lipinski definition) is 1. The van der Waals surface area contributed by atoms with Crippen molar-refractivity contribution in [1.82, 2.24) is 19.9 Å². The Morgan fingerprint density at radius 2 is 2.05 bits per heavy atom. The summed E-state index contributed by atoms with van der Waals surface area (Å²) in [5.41, 5.74) is 0.781. The van der Waals surface area contributed by atoms with Gasteiger partial charge in [-0.2, -0.15) is 4.98 Å². The minimum atomic E-state index is 0.343. The zero-order valence-corrected chi connectivity index (χ0v) is 11.5. The highest BCUT2D eigenvalue weighted by Crippen LogP contribution is 2.29. The van der Waals surface area contributed by atoms with Crippen LogP contribution >= 0.6 is 11.3 Å². The van der Waals surface area contributed by atoms with Crippen LogP contribution in [-0.2, 0) is 0 Å². The number of pyridine rings is 1. The Kier molecular flexibility index (Phi) is 3.51. The largest absolute Gasteiger partial charge is 0.467 e. The summed E-state index contributed by atoms with van der Waals surface area (Å²) < 4.78 is 5.02. The molecule has 3 aromatic heterocycles. The Balaban J connectivity index is 1.83. The van der Waals surface area contributed by atoms with Crippen LogP contribution in [0.1, 0.15) is 0 Å². The van der Waals surface area contributed by atoms with E-state index in [0.717, 1.165) is 21.5 Å². The molecule has 0 amide bonds. The number of aromatic nitrogens is 4. The van der Waals surface area contributed by atoms with Crippen LogP contribution < -0.4 is 10.1 Å². The average molecular weight is 285 g/mol. The summed E-state index contributed by atoms with van der Waals surface area (Å²) in [6.07, 6.45) is 5.15. The van der Waals surface area contributed by atoms with Gasteiger partial charge in [-0.1, -0.05) is 17.4 Å². The van der Waals surface area contributed by atoms with Crippen LogP contribution in [0.3, 0.4) is 0 Å². The summed E-state index contributed by atoms with van der Waals surface area (Å²) in [4.78, 5) is 17.7. The number of rotatable bonds is 4. The number of methoxy groups -OCH3 is 1. The van der Waals surface area contributed by atoms with Crippen molar-refractivity contribution >= 4 is 22.3 Å². The fraction of sp³-hybridized carbons (Fsp3) is 0.0769. The highest BCUT2D eigenvalue weighted by molar-refractivity contribution is 7.18. The van der Waals surface area contributed by atoms with E-state index in [1.165, 1.54) is 11.3 Å². The predicted molar refractivity (Wildman–Crippen MR) is 77.2 cm³/mol. The minimum absolute atomic E-state index is 0.343. The van der Waals surface area contributed by atoms with Crippen molar-refractivity contribution in [1.29, 1.82) is 0 Å². The molecule has 0 aliphatic heterocycles. The highest BCUT2D eigenvalue weighted by atomic mass is 32.1. The van der Waals surface area contributed by atoms with Crippen LogP contribution in [0.25, 0.3) is 10.6 Å². The number of thiazole rings is 1. The lowest BCUT2D eigenvalue weighted by molar-refractivity contribution is 0.380. The molecule has 20 heavy (non-hydrogen) atoms. The predicted octanol–water partition coefficient (Wildman–Crippen LogP) is 2.75. The lowest BCUT2D eigenvalue weighted by Gasteiger charge is -2.00. The van der Waals surface area contributed by atoms with Gasteiger partial charge < -0.3 is 10.1 Å². The first-order chi connectivity index (χ1) is 9.85. The smallest absolute Gasteiger partial charge is 0.316 e. The van der Waals surface area contributed by atoms with E-state index >= 15 is 0 Å². The summed E-state index contributed by atoms with van der Waals surface area (Å²) >= 11 is 1.49. The summed E-state index contributed by atoms with van der Waals surface area (Å²) in [6.45, 7) is 0. The molecule has 0 aliphatic carbocycles. The molecule has 7 heteroatoms. The van der Waals surface area contributed by atoms with Crippen molar-refractivity contribution in [3.8, 4) is 16.6 Å². The normalized spacial score (nSPS) is 10.2. The maximum Gasteiger partial charge on any atom is 0.316 e. The molecule has 1 N–H and O–H groups in total. The minimum Gasteiger partial charge on any atom is -0.467 e. The average Bonchev–Trinajstić information content (AvgIpc) is 2.97. The summed E-state index contributed by atoms with van der Waals surface area (Å²) in [7, 11) is 1.54. The van der Waals surface area contributed by atoms with E-state index in [0.29, 0.717) is 6.01 Å². The fourth-order valence-corrected chi connectivity index (χ4v) is 2.37. The molecule has 3 rings (SSSR count). The molecule has 3 aromatic rings. The van der Waals surface area contributed by atoms with Crippen LogP contribution in [0.4, 0.5) is 10.9 Å². The molecule has 0 radical (unpaired) electrons. The van der Waals surface area contributed by atoms with Gasteiger partial charge in [-0.3, -0.25) is 0 Å². The maximum atomic E-state index is 5.02. The number of ether oxygens (including phenoxy) is 1. The van der Waals surface area contributed by atoms with Crippen LogP contribution in [0, 0.1) is 0 Å². The van der Waals surface area contributed by atoms with Crippen LogP contribution in [0.15, 0.2) is 42.9 Å². The molecule has 0 atom stereocenters. The molecule has 0 bridgehead atoms. The van der Waals surface area contributed by atoms with Crippen molar-refractivity contribution in [3.63, 3.8) is 0 Å². The summed E-state index contributed by atoms with van der Waals surface area (Å²) in [5, 5.41) is 3.90. The number of hydrogen-bond acceptors (Lipinski definition) is 7. The topological polar surface area (TPSA) is 72.8 Å². The van der Waals surface area contributed by atoms with Gasteiger partial charge in [0.1, 0.15) is 5.82 Å². The summed E-state index contributed by atoms with van der Waals surface area (Å²) in [5.74, 6) is 0.758. The third-order valence-corrected chi connectivity index (χ3v) is 3.41. The third-order valence-electron chi connectivity index (χ3n) is 2.47. The third kappa shape index (κ3) is 2.72. The van der Waals surface area contributed by atoms with Crippen molar-refractivity contribution in [2.45, 2.75) is 0 Å². The van der Waals surface area contributed by atoms with E-state index in [1.807, 2.05) is 24.3 Å². The van der Waals surface area contributed by atoms with E-state index in [4.69, 9.17) is 4.74 Å². The molecule has 3 heterocycles. The van der Waals surface area contributed by atoms with E-state index in [1.54, 1.807) is 25.7 Å². The second kappa shape index (κ2) is 5.62. The van der Waals surface area contributed by atoms with Crippen LogP contribution in [0.5, 0.6) is 6.01 Å². The van der Waals surface area contributed by atoms with E-state index in [9.17, 15) is 0 Å². The first kappa shape index (κ1) is 12.5. The van der Waals surface area contributed by atoms with Gasteiger partial charge in [0.2, 0.25) is 0 Å². The molecule has 0 aromatic carbocycles. The Morgan fingerprint density at radius 3 is 2.85 bits per heavy atom. The zero-order chi connectivity index (χ0) is 13.8. The number of nitrogens with zero attached hydrogens (tertiary/aromatic N) is 4. The second-order valence-electron chi connectivity index (χ2n) is 3.80. The van der Waals surface area contributed by atoms with Crippen molar-refractivity contribution < 1.29 is 4.74 Å². The van der Waals surface area contributed by atoms with E-state index < -0.39 is 0 Å².